The van der Waals surface area contributed by atoms with Crippen LogP contribution in [0, 0.1) is 0 Å². The van der Waals surface area contributed by atoms with Gasteiger partial charge in [0.2, 0.25) is 0 Å². The fraction of sp³-hybridized carbons (Fsp3) is 0.464. The molecular weight excluding hydrogens is 439 g/mol. The molecule has 2 aromatic carbocycles. The molecule has 0 spiro atoms. The molecule has 0 aromatic heterocycles. The number of nitrogens with one attached hydrogen (secondary N) is 1. The van der Waals surface area contributed by atoms with E-state index in [9.17, 15) is 4.79 Å². The van der Waals surface area contributed by atoms with E-state index in [1.807, 2.05) is 64.1 Å². The standard InChI is InChI=1S/C28H37BN2O4/c1-27(2)28(3,4)35-29(34-27)24(20-30-26(32)33-21-22-13-7-5-8-14-22)19-23-15-9-10-16-25(23)31-17-11-6-12-18-31/h5,7-10,13-16,19H,6,11-12,17-18,20-21H2,1-4H3,(H,30,32). The smallest absolute Gasteiger partial charge is 0.445 e. The van der Waals surface area contributed by atoms with Crippen LogP contribution < -0.4 is 10.2 Å². The number of ether oxygens (including phenoxy) is 1. The molecule has 6 nitrogen and oxygen atoms in total. The van der Waals surface area contributed by atoms with Gasteiger partial charge in [-0.1, -0.05) is 54.6 Å². The van der Waals surface area contributed by atoms with Gasteiger partial charge < -0.3 is 24.3 Å². The summed E-state index contributed by atoms with van der Waals surface area (Å²) in [6.45, 7) is 10.7. The second-order valence-corrected chi connectivity index (χ2v) is 10.3. The summed E-state index contributed by atoms with van der Waals surface area (Å²) < 4.78 is 18.1. The van der Waals surface area contributed by atoms with Gasteiger partial charge in [-0.15, -0.1) is 0 Å². The van der Waals surface area contributed by atoms with Gasteiger partial charge in [-0.2, -0.15) is 0 Å². The van der Waals surface area contributed by atoms with Crippen molar-refractivity contribution < 1.29 is 18.8 Å². The lowest BCUT2D eigenvalue weighted by Crippen LogP contribution is -2.41. The monoisotopic (exact) mass is 476 g/mol. The number of amides is 1. The minimum Gasteiger partial charge on any atom is -0.445 e. The fourth-order valence-electron chi connectivity index (χ4n) is 4.38. The first-order valence-electron chi connectivity index (χ1n) is 12.6. The third kappa shape index (κ3) is 6.27. The Hall–Kier alpha value is -2.77. The molecule has 0 radical (unpaired) electrons. The number of nitrogens with zero attached hydrogens (tertiary/aromatic N) is 1. The molecule has 2 saturated heterocycles. The van der Waals surface area contributed by atoms with Crippen LogP contribution in [0.3, 0.4) is 0 Å². The van der Waals surface area contributed by atoms with Gasteiger partial charge in [0.1, 0.15) is 6.61 Å². The first kappa shape index (κ1) is 25.3. The van der Waals surface area contributed by atoms with Crippen LogP contribution in [0.25, 0.3) is 6.08 Å². The zero-order chi connectivity index (χ0) is 24.9. The maximum absolute atomic E-state index is 12.5. The van der Waals surface area contributed by atoms with E-state index in [1.165, 1.54) is 24.9 Å². The summed E-state index contributed by atoms with van der Waals surface area (Å²) in [6.07, 6.45) is 5.32. The van der Waals surface area contributed by atoms with Crippen LogP contribution in [0.5, 0.6) is 0 Å². The zero-order valence-electron chi connectivity index (χ0n) is 21.4. The van der Waals surface area contributed by atoms with Crippen molar-refractivity contribution in [3.63, 3.8) is 0 Å². The van der Waals surface area contributed by atoms with Gasteiger partial charge in [-0.25, -0.2) is 4.79 Å². The Bertz CT molecular complexity index is 1020. The van der Waals surface area contributed by atoms with Gasteiger partial charge in [-0.05, 0) is 69.6 Å². The lowest BCUT2D eigenvalue weighted by molar-refractivity contribution is 0.00578. The molecule has 35 heavy (non-hydrogen) atoms. The predicted molar refractivity (Wildman–Crippen MR) is 141 cm³/mol. The van der Waals surface area contributed by atoms with E-state index in [2.05, 4.69) is 34.5 Å². The Labute approximate surface area is 209 Å². The second-order valence-electron chi connectivity index (χ2n) is 10.3. The molecule has 2 heterocycles. The van der Waals surface area contributed by atoms with Crippen molar-refractivity contribution in [1.29, 1.82) is 0 Å². The molecule has 7 heteroatoms. The molecule has 0 atom stereocenters. The molecule has 0 saturated carbocycles. The summed E-state index contributed by atoms with van der Waals surface area (Å²) in [5, 5.41) is 2.90. The number of piperidine rings is 1. The van der Waals surface area contributed by atoms with E-state index >= 15 is 0 Å². The van der Waals surface area contributed by atoms with E-state index in [1.54, 1.807) is 0 Å². The maximum atomic E-state index is 12.5. The number of alkyl carbamates (subject to hydrolysis) is 1. The summed E-state index contributed by atoms with van der Waals surface area (Å²) in [4.78, 5) is 14.9. The number of carbonyl (C=O) groups is 1. The van der Waals surface area contributed by atoms with Crippen LogP contribution in [0.2, 0.25) is 0 Å². The number of hydrogen-bond donors (Lipinski definition) is 1. The van der Waals surface area contributed by atoms with Crippen LogP contribution in [-0.4, -0.2) is 44.0 Å². The number of benzene rings is 2. The van der Waals surface area contributed by atoms with E-state index in [-0.39, 0.29) is 13.2 Å². The highest BCUT2D eigenvalue weighted by Crippen LogP contribution is 2.39. The quantitative estimate of drug-likeness (QED) is 0.526. The number of rotatable bonds is 7. The predicted octanol–water partition coefficient (Wildman–Crippen LogP) is 5.62. The van der Waals surface area contributed by atoms with Gasteiger partial charge in [0.05, 0.1) is 11.2 Å². The summed E-state index contributed by atoms with van der Waals surface area (Å²) in [5.41, 5.74) is 3.14. The molecule has 0 bridgehead atoms. The Kier molecular flexibility index (Phi) is 7.87. The molecule has 4 rings (SSSR count). The molecule has 1 N–H and O–H groups in total. The molecule has 0 unspecified atom stereocenters. The lowest BCUT2D eigenvalue weighted by Gasteiger charge is -2.32. The van der Waals surface area contributed by atoms with Gasteiger partial charge >= 0.3 is 13.2 Å². The second kappa shape index (κ2) is 10.9. The largest absolute Gasteiger partial charge is 0.492 e. The topological polar surface area (TPSA) is 60.0 Å². The normalized spacial score (nSPS) is 19.5. The Morgan fingerprint density at radius 3 is 2.29 bits per heavy atom. The first-order chi connectivity index (χ1) is 16.7. The molecular formula is C28H37BN2O4. The highest BCUT2D eigenvalue weighted by molar-refractivity contribution is 6.56. The van der Waals surface area contributed by atoms with E-state index in [0.717, 1.165) is 29.7 Å². The summed E-state index contributed by atoms with van der Waals surface area (Å²) >= 11 is 0. The minimum absolute atomic E-state index is 0.222. The molecule has 2 aliphatic rings. The highest BCUT2D eigenvalue weighted by atomic mass is 16.7. The third-order valence-electron chi connectivity index (χ3n) is 7.18. The van der Waals surface area contributed by atoms with E-state index in [4.69, 9.17) is 14.0 Å². The molecule has 2 aromatic rings. The number of para-hydroxylation sites is 1. The summed E-state index contributed by atoms with van der Waals surface area (Å²) in [5.74, 6) is 0. The lowest BCUT2D eigenvalue weighted by atomic mass is 9.76. The van der Waals surface area contributed by atoms with Crippen LogP contribution in [0.4, 0.5) is 10.5 Å². The minimum atomic E-state index is -0.566. The fourth-order valence-corrected chi connectivity index (χ4v) is 4.38. The Morgan fingerprint density at radius 2 is 1.60 bits per heavy atom. The Morgan fingerprint density at radius 1 is 0.971 bits per heavy atom. The summed E-state index contributed by atoms with van der Waals surface area (Å²) in [6, 6.07) is 18.1. The van der Waals surface area contributed by atoms with Gasteiger partial charge in [0, 0.05) is 25.3 Å². The van der Waals surface area contributed by atoms with Crippen molar-refractivity contribution in [2.24, 2.45) is 0 Å². The number of carbonyl (C=O) groups excluding carboxylic acids is 1. The number of anilines is 1. The average molecular weight is 476 g/mol. The summed E-state index contributed by atoms with van der Waals surface area (Å²) in [7, 11) is -0.566. The van der Waals surface area contributed by atoms with E-state index in [0.29, 0.717) is 0 Å². The van der Waals surface area contributed by atoms with Gasteiger partial charge in [-0.3, -0.25) is 0 Å². The molecule has 2 fully saturated rings. The van der Waals surface area contributed by atoms with Crippen molar-refractivity contribution in [2.75, 3.05) is 24.5 Å². The van der Waals surface area contributed by atoms with Crippen molar-refractivity contribution in [3.05, 3.63) is 71.2 Å². The zero-order valence-corrected chi connectivity index (χ0v) is 21.4. The van der Waals surface area contributed by atoms with Crippen LogP contribution in [-0.2, 0) is 20.7 Å². The third-order valence-corrected chi connectivity index (χ3v) is 7.18. The van der Waals surface area contributed by atoms with Crippen molar-refractivity contribution >= 4 is 25.0 Å². The van der Waals surface area contributed by atoms with Crippen molar-refractivity contribution in [2.45, 2.75) is 64.8 Å². The van der Waals surface area contributed by atoms with Crippen LogP contribution >= 0.6 is 0 Å². The average Bonchev–Trinajstić information content (AvgIpc) is 3.08. The van der Waals surface area contributed by atoms with Crippen LogP contribution in [0.15, 0.2) is 60.1 Å². The number of hydrogen-bond acceptors (Lipinski definition) is 5. The van der Waals surface area contributed by atoms with Crippen LogP contribution in [0.1, 0.15) is 58.1 Å². The van der Waals surface area contributed by atoms with Gasteiger partial charge in [0.15, 0.2) is 0 Å². The highest BCUT2D eigenvalue weighted by Gasteiger charge is 2.52. The Balaban J connectivity index is 1.53. The van der Waals surface area contributed by atoms with Gasteiger partial charge in [0.25, 0.3) is 0 Å². The molecule has 186 valence electrons. The first-order valence-corrected chi connectivity index (χ1v) is 12.6. The van der Waals surface area contributed by atoms with Crippen molar-refractivity contribution in [3.8, 4) is 0 Å². The molecule has 0 aliphatic carbocycles. The van der Waals surface area contributed by atoms with E-state index < -0.39 is 24.4 Å². The molecule has 2 aliphatic heterocycles. The maximum Gasteiger partial charge on any atom is 0.492 e. The SMILES string of the molecule is CC1(C)OB(C(=Cc2ccccc2N2CCCCC2)CNC(=O)OCc2ccccc2)OC1(C)C. The molecule has 1 amide bonds. The van der Waals surface area contributed by atoms with Crippen molar-refractivity contribution in [1.82, 2.24) is 5.32 Å².